The molecule has 0 radical (unpaired) electrons. The van der Waals surface area contributed by atoms with Gasteiger partial charge in [-0.1, -0.05) is 12.1 Å². The Morgan fingerprint density at radius 3 is 2.46 bits per heavy atom. The Morgan fingerprint density at radius 2 is 2.08 bits per heavy atom. The standard InChI is InChI=1S/C7H15F2N3O/c1-5(7(10)11-13)3-12(2)4-6(8)9/h5-6,13H,3-4H2,1-2H3,(H2,10,11). The second-order valence-corrected chi connectivity index (χ2v) is 3.04. The van der Waals surface area contributed by atoms with Crippen molar-refractivity contribution < 1.29 is 14.0 Å². The van der Waals surface area contributed by atoms with E-state index in [9.17, 15) is 8.78 Å². The minimum atomic E-state index is -2.36. The van der Waals surface area contributed by atoms with Gasteiger partial charge in [0, 0.05) is 12.5 Å². The monoisotopic (exact) mass is 195 g/mol. The molecule has 0 aliphatic rings. The molecule has 13 heavy (non-hydrogen) atoms. The molecule has 0 aromatic heterocycles. The molecule has 0 aliphatic heterocycles. The zero-order chi connectivity index (χ0) is 10.4. The smallest absolute Gasteiger partial charge is 0.251 e. The lowest BCUT2D eigenvalue weighted by atomic mass is 10.1. The van der Waals surface area contributed by atoms with Crippen LogP contribution >= 0.6 is 0 Å². The molecule has 0 aliphatic carbocycles. The molecular weight excluding hydrogens is 180 g/mol. The van der Waals surface area contributed by atoms with Crippen LogP contribution in [0.5, 0.6) is 0 Å². The average Bonchev–Trinajstić information content (AvgIpc) is 2.01. The second-order valence-electron chi connectivity index (χ2n) is 3.04. The highest BCUT2D eigenvalue weighted by Gasteiger charge is 2.13. The molecule has 0 spiro atoms. The van der Waals surface area contributed by atoms with Crippen LogP contribution in [-0.2, 0) is 0 Å². The van der Waals surface area contributed by atoms with Crippen molar-refractivity contribution in [1.29, 1.82) is 0 Å². The van der Waals surface area contributed by atoms with E-state index >= 15 is 0 Å². The van der Waals surface area contributed by atoms with Gasteiger partial charge in [-0.05, 0) is 7.05 Å². The molecule has 0 aromatic rings. The zero-order valence-electron chi connectivity index (χ0n) is 7.74. The Labute approximate surface area is 76.0 Å². The third-order valence-electron chi connectivity index (χ3n) is 1.66. The molecule has 1 atom stereocenters. The summed E-state index contributed by atoms with van der Waals surface area (Å²) in [4.78, 5) is 1.44. The van der Waals surface area contributed by atoms with Crippen LogP contribution in [0, 0.1) is 5.92 Å². The van der Waals surface area contributed by atoms with Gasteiger partial charge in [-0.15, -0.1) is 0 Å². The molecule has 0 heterocycles. The summed E-state index contributed by atoms with van der Waals surface area (Å²) in [5.41, 5.74) is 5.28. The van der Waals surface area contributed by atoms with Crippen molar-refractivity contribution in [3.8, 4) is 0 Å². The van der Waals surface area contributed by atoms with Gasteiger partial charge in [0.2, 0.25) is 0 Å². The summed E-state index contributed by atoms with van der Waals surface area (Å²) in [5.74, 6) is -0.171. The largest absolute Gasteiger partial charge is 0.409 e. The number of hydrogen-bond donors (Lipinski definition) is 2. The summed E-state index contributed by atoms with van der Waals surface area (Å²) in [7, 11) is 1.56. The van der Waals surface area contributed by atoms with Gasteiger partial charge in [-0.2, -0.15) is 0 Å². The molecule has 1 unspecified atom stereocenters. The summed E-state index contributed by atoms with van der Waals surface area (Å²) in [6, 6.07) is 0. The van der Waals surface area contributed by atoms with Crippen molar-refractivity contribution >= 4 is 5.84 Å². The van der Waals surface area contributed by atoms with Crippen LogP contribution in [0.4, 0.5) is 8.78 Å². The van der Waals surface area contributed by atoms with Crippen LogP contribution in [0.1, 0.15) is 6.92 Å². The number of oxime groups is 1. The maximum atomic E-state index is 11.9. The minimum absolute atomic E-state index is 0.0566. The Morgan fingerprint density at radius 1 is 1.54 bits per heavy atom. The number of rotatable bonds is 5. The van der Waals surface area contributed by atoms with Crippen molar-refractivity contribution in [3.05, 3.63) is 0 Å². The van der Waals surface area contributed by atoms with Crippen molar-refractivity contribution in [3.63, 3.8) is 0 Å². The number of alkyl halides is 2. The van der Waals surface area contributed by atoms with Crippen LogP contribution in [0.3, 0.4) is 0 Å². The van der Waals surface area contributed by atoms with E-state index in [4.69, 9.17) is 10.9 Å². The van der Waals surface area contributed by atoms with Crippen LogP contribution < -0.4 is 5.73 Å². The van der Waals surface area contributed by atoms with Crippen molar-refractivity contribution in [2.24, 2.45) is 16.8 Å². The summed E-state index contributed by atoms with van der Waals surface area (Å²) in [6.07, 6.45) is -2.36. The van der Waals surface area contributed by atoms with Gasteiger partial charge in [0.05, 0.1) is 6.54 Å². The van der Waals surface area contributed by atoms with Gasteiger partial charge in [-0.3, -0.25) is 0 Å². The number of hydrogen-bond acceptors (Lipinski definition) is 3. The fourth-order valence-electron chi connectivity index (χ4n) is 0.970. The lowest BCUT2D eigenvalue weighted by molar-refractivity contribution is 0.0976. The van der Waals surface area contributed by atoms with Gasteiger partial charge < -0.3 is 15.8 Å². The van der Waals surface area contributed by atoms with E-state index in [2.05, 4.69) is 5.16 Å². The van der Waals surface area contributed by atoms with Crippen molar-refractivity contribution in [1.82, 2.24) is 4.90 Å². The molecule has 6 heteroatoms. The molecule has 4 nitrogen and oxygen atoms in total. The summed E-state index contributed by atoms with van der Waals surface area (Å²) < 4.78 is 23.7. The molecule has 0 aromatic carbocycles. The van der Waals surface area contributed by atoms with Crippen LogP contribution in [0.25, 0.3) is 0 Å². The molecule has 78 valence electrons. The SMILES string of the molecule is CC(CN(C)CC(F)F)C(N)=NO. The van der Waals surface area contributed by atoms with Gasteiger partial charge in [0.25, 0.3) is 6.43 Å². The number of halogens is 2. The van der Waals surface area contributed by atoms with Gasteiger partial charge in [-0.25, -0.2) is 8.78 Å². The van der Waals surface area contributed by atoms with E-state index in [1.54, 1.807) is 14.0 Å². The Kier molecular flexibility index (Phi) is 5.29. The molecule has 0 bridgehead atoms. The fourth-order valence-corrected chi connectivity index (χ4v) is 0.970. The maximum Gasteiger partial charge on any atom is 0.251 e. The van der Waals surface area contributed by atoms with Crippen LogP contribution in [-0.4, -0.2) is 42.5 Å². The van der Waals surface area contributed by atoms with Crippen molar-refractivity contribution in [2.45, 2.75) is 13.3 Å². The summed E-state index contributed by atoms with van der Waals surface area (Å²) in [5, 5.41) is 11.1. The zero-order valence-corrected chi connectivity index (χ0v) is 7.74. The number of amidine groups is 1. The maximum absolute atomic E-state index is 11.9. The molecule has 0 rings (SSSR count). The quantitative estimate of drug-likeness (QED) is 0.292. The van der Waals surface area contributed by atoms with Gasteiger partial charge >= 0.3 is 0 Å². The third kappa shape index (κ3) is 5.35. The highest BCUT2D eigenvalue weighted by atomic mass is 19.3. The van der Waals surface area contributed by atoms with Crippen molar-refractivity contribution in [2.75, 3.05) is 20.1 Å². The molecule has 0 saturated heterocycles. The molecule has 3 N–H and O–H groups in total. The molecule has 0 fully saturated rings. The highest BCUT2D eigenvalue weighted by Crippen LogP contribution is 2.01. The number of nitrogens with zero attached hydrogens (tertiary/aromatic N) is 2. The van der Waals surface area contributed by atoms with E-state index in [0.717, 1.165) is 0 Å². The summed E-state index contributed by atoms with van der Waals surface area (Å²) >= 11 is 0. The van der Waals surface area contributed by atoms with Gasteiger partial charge in [0.15, 0.2) is 0 Å². The Hall–Kier alpha value is -0.910. The first kappa shape index (κ1) is 12.1. The summed E-state index contributed by atoms with van der Waals surface area (Å²) in [6.45, 7) is 1.75. The lowest BCUT2D eigenvalue weighted by Crippen LogP contribution is -2.35. The molecular formula is C7H15F2N3O. The molecule has 0 amide bonds. The Balaban J connectivity index is 3.84. The minimum Gasteiger partial charge on any atom is -0.409 e. The third-order valence-corrected chi connectivity index (χ3v) is 1.66. The Bertz CT molecular complexity index is 175. The lowest BCUT2D eigenvalue weighted by Gasteiger charge is -2.19. The molecule has 0 saturated carbocycles. The highest BCUT2D eigenvalue weighted by molar-refractivity contribution is 5.82. The fraction of sp³-hybridized carbons (Fsp3) is 0.857. The normalized spacial score (nSPS) is 15.4. The number of nitrogens with two attached hydrogens (primary N) is 1. The predicted molar refractivity (Wildman–Crippen MR) is 46.1 cm³/mol. The van der Waals surface area contributed by atoms with Crippen LogP contribution in [0.2, 0.25) is 0 Å². The average molecular weight is 195 g/mol. The first-order valence-corrected chi connectivity index (χ1v) is 3.91. The first-order valence-electron chi connectivity index (χ1n) is 3.91. The predicted octanol–water partition coefficient (Wildman–Crippen LogP) is 0.566. The first-order chi connectivity index (χ1) is 5.97. The topological polar surface area (TPSA) is 61.8 Å². The van der Waals surface area contributed by atoms with Gasteiger partial charge in [0.1, 0.15) is 5.84 Å². The van der Waals surface area contributed by atoms with Crippen LogP contribution in [0.15, 0.2) is 5.16 Å². The van der Waals surface area contributed by atoms with E-state index in [-0.39, 0.29) is 18.3 Å². The second kappa shape index (κ2) is 5.69. The van der Waals surface area contributed by atoms with E-state index in [0.29, 0.717) is 6.54 Å². The van der Waals surface area contributed by atoms with E-state index < -0.39 is 6.43 Å². The van der Waals surface area contributed by atoms with E-state index in [1.165, 1.54) is 4.90 Å². The van der Waals surface area contributed by atoms with E-state index in [1.807, 2.05) is 0 Å².